The molecule has 29 heavy (non-hydrogen) atoms. The molecular formula is C21H16ClFN2O4. The number of carbonyl (C=O) groups is 2. The van der Waals surface area contributed by atoms with E-state index in [9.17, 15) is 14.0 Å². The zero-order chi connectivity index (χ0) is 21.0. The second kappa shape index (κ2) is 8.70. The lowest BCUT2D eigenvalue weighted by molar-refractivity contribution is -0.139. The number of nitrogens with zero attached hydrogens (tertiary/aromatic N) is 2. The van der Waals surface area contributed by atoms with Crippen LogP contribution >= 0.6 is 11.6 Å². The molecule has 3 aromatic rings. The fourth-order valence-corrected chi connectivity index (χ4v) is 2.90. The Morgan fingerprint density at radius 3 is 2.45 bits per heavy atom. The van der Waals surface area contributed by atoms with Crippen molar-refractivity contribution in [2.24, 2.45) is 0 Å². The van der Waals surface area contributed by atoms with Gasteiger partial charge in [0.15, 0.2) is 12.4 Å². The summed E-state index contributed by atoms with van der Waals surface area (Å²) in [7, 11) is 0. The predicted molar refractivity (Wildman–Crippen MR) is 106 cm³/mol. The first-order valence-electron chi connectivity index (χ1n) is 8.53. The molecule has 2 aromatic carbocycles. The zero-order valence-electron chi connectivity index (χ0n) is 15.3. The van der Waals surface area contributed by atoms with E-state index in [2.05, 4.69) is 5.10 Å². The Labute approximate surface area is 170 Å². The molecule has 0 fully saturated rings. The van der Waals surface area contributed by atoms with Gasteiger partial charge in [-0.1, -0.05) is 11.6 Å². The lowest BCUT2D eigenvalue weighted by Gasteiger charge is -2.03. The minimum absolute atomic E-state index is 0.264. The third-order valence-corrected chi connectivity index (χ3v) is 4.39. The summed E-state index contributed by atoms with van der Waals surface area (Å²) in [6.07, 6.45) is 2.94. The SMILES string of the molecule is Cc1nn(-c2ccc(F)cc2)c(Cl)c1/C=C/C(=O)c1ccc(OCC(=O)O)cc1. The van der Waals surface area contributed by atoms with Crippen LogP contribution in [0.15, 0.2) is 54.6 Å². The smallest absolute Gasteiger partial charge is 0.341 e. The van der Waals surface area contributed by atoms with Crippen LogP contribution in [0.25, 0.3) is 11.8 Å². The molecule has 8 heteroatoms. The van der Waals surface area contributed by atoms with Crippen LogP contribution in [-0.2, 0) is 4.79 Å². The van der Waals surface area contributed by atoms with E-state index in [4.69, 9.17) is 21.4 Å². The van der Waals surface area contributed by atoms with Crippen LogP contribution in [0.4, 0.5) is 4.39 Å². The minimum atomic E-state index is -1.08. The maximum atomic E-state index is 13.1. The average molecular weight is 415 g/mol. The van der Waals surface area contributed by atoms with E-state index in [-0.39, 0.29) is 11.6 Å². The summed E-state index contributed by atoms with van der Waals surface area (Å²) in [5.74, 6) is -1.35. The highest BCUT2D eigenvalue weighted by molar-refractivity contribution is 6.31. The van der Waals surface area contributed by atoms with Crippen molar-refractivity contribution >= 4 is 29.4 Å². The van der Waals surface area contributed by atoms with Crippen molar-refractivity contribution in [1.82, 2.24) is 9.78 Å². The van der Waals surface area contributed by atoms with Crippen molar-refractivity contribution in [2.45, 2.75) is 6.92 Å². The Morgan fingerprint density at radius 1 is 1.17 bits per heavy atom. The molecule has 0 radical (unpaired) electrons. The number of carbonyl (C=O) groups excluding carboxylic acids is 1. The number of aromatic nitrogens is 2. The van der Waals surface area contributed by atoms with Gasteiger partial charge in [0.1, 0.15) is 16.7 Å². The lowest BCUT2D eigenvalue weighted by atomic mass is 10.1. The number of halogens is 2. The lowest BCUT2D eigenvalue weighted by Crippen LogP contribution is -2.09. The fraction of sp³-hybridized carbons (Fsp3) is 0.0952. The van der Waals surface area contributed by atoms with Crippen molar-refractivity contribution in [3.8, 4) is 11.4 Å². The molecule has 0 spiro atoms. The van der Waals surface area contributed by atoms with E-state index in [0.717, 1.165) is 0 Å². The monoisotopic (exact) mass is 414 g/mol. The topological polar surface area (TPSA) is 81.4 Å². The van der Waals surface area contributed by atoms with Crippen molar-refractivity contribution in [3.05, 3.63) is 82.4 Å². The van der Waals surface area contributed by atoms with Crippen molar-refractivity contribution < 1.29 is 23.8 Å². The van der Waals surface area contributed by atoms with E-state index in [1.165, 1.54) is 35.0 Å². The van der Waals surface area contributed by atoms with Gasteiger partial charge in [0.05, 0.1) is 11.4 Å². The van der Waals surface area contributed by atoms with Crippen LogP contribution in [0.5, 0.6) is 5.75 Å². The predicted octanol–water partition coefficient (Wildman–Crippen LogP) is 4.33. The van der Waals surface area contributed by atoms with E-state index in [0.29, 0.717) is 33.4 Å². The summed E-state index contributed by atoms with van der Waals surface area (Å²) < 4.78 is 19.6. The van der Waals surface area contributed by atoms with Crippen LogP contribution in [0.3, 0.4) is 0 Å². The van der Waals surface area contributed by atoms with Gasteiger partial charge < -0.3 is 9.84 Å². The van der Waals surface area contributed by atoms with Crippen molar-refractivity contribution in [1.29, 1.82) is 0 Å². The Kier molecular flexibility index (Phi) is 6.09. The Balaban J connectivity index is 1.76. The van der Waals surface area contributed by atoms with E-state index < -0.39 is 12.6 Å². The first-order chi connectivity index (χ1) is 13.8. The largest absolute Gasteiger partial charge is 0.482 e. The summed E-state index contributed by atoms with van der Waals surface area (Å²) in [6, 6.07) is 11.9. The van der Waals surface area contributed by atoms with E-state index >= 15 is 0 Å². The van der Waals surface area contributed by atoms with Gasteiger partial charge in [0, 0.05) is 11.1 Å². The van der Waals surface area contributed by atoms with Crippen LogP contribution in [0.1, 0.15) is 21.6 Å². The third kappa shape index (κ3) is 4.89. The molecule has 0 unspecified atom stereocenters. The molecule has 0 atom stereocenters. The van der Waals surface area contributed by atoms with Gasteiger partial charge in [-0.2, -0.15) is 5.10 Å². The van der Waals surface area contributed by atoms with Gasteiger partial charge >= 0.3 is 5.97 Å². The highest BCUT2D eigenvalue weighted by Gasteiger charge is 2.13. The van der Waals surface area contributed by atoms with Gasteiger partial charge in [-0.25, -0.2) is 13.9 Å². The molecule has 1 heterocycles. The number of carboxylic acid groups (broad SMARTS) is 1. The molecule has 0 saturated heterocycles. The molecule has 0 saturated carbocycles. The van der Waals surface area contributed by atoms with Gasteiger partial charge in [-0.15, -0.1) is 0 Å². The molecule has 148 valence electrons. The molecule has 0 amide bonds. The number of aliphatic carboxylic acids is 1. The van der Waals surface area contributed by atoms with Crippen LogP contribution in [-0.4, -0.2) is 33.2 Å². The number of allylic oxidation sites excluding steroid dienone is 1. The second-order valence-corrected chi connectivity index (χ2v) is 6.44. The quantitative estimate of drug-likeness (QED) is 0.459. The number of rotatable bonds is 7. The van der Waals surface area contributed by atoms with Crippen LogP contribution in [0.2, 0.25) is 5.15 Å². The van der Waals surface area contributed by atoms with Crippen LogP contribution < -0.4 is 4.74 Å². The number of benzene rings is 2. The molecule has 1 N–H and O–H groups in total. The first-order valence-corrected chi connectivity index (χ1v) is 8.91. The highest BCUT2D eigenvalue weighted by Crippen LogP contribution is 2.25. The highest BCUT2D eigenvalue weighted by atomic mass is 35.5. The molecule has 0 aliphatic heterocycles. The van der Waals surface area contributed by atoms with Gasteiger partial charge in [0.25, 0.3) is 0 Å². The van der Waals surface area contributed by atoms with Crippen LogP contribution in [0, 0.1) is 12.7 Å². The molecular weight excluding hydrogens is 399 g/mol. The molecule has 0 aliphatic rings. The summed E-state index contributed by atoms with van der Waals surface area (Å²) in [5.41, 5.74) is 2.19. The molecule has 1 aromatic heterocycles. The number of ketones is 1. The maximum absolute atomic E-state index is 13.1. The maximum Gasteiger partial charge on any atom is 0.341 e. The minimum Gasteiger partial charge on any atom is -0.482 e. The number of aryl methyl sites for hydroxylation is 1. The van der Waals surface area contributed by atoms with Crippen molar-refractivity contribution in [3.63, 3.8) is 0 Å². The number of carboxylic acids is 1. The average Bonchev–Trinajstić information content (AvgIpc) is 2.99. The Bertz CT molecular complexity index is 1070. The Hall–Kier alpha value is -3.45. The Morgan fingerprint density at radius 2 is 1.83 bits per heavy atom. The standard InChI is InChI=1S/C21H16ClFN2O4/c1-13-18(21(22)25(24-13)16-6-4-15(23)5-7-16)10-11-19(26)14-2-8-17(9-3-14)29-12-20(27)28/h2-11H,12H2,1H3,(H,27,28)/b11-10+. The summed E-state index contributed by atoms with van der Waals surface area (Å²) in [4.78, 5) is 22.9. The summed E-state index contributed by atoms with van der Waals surface area (Å²) >= 11 is 6.39. The third-order valence-electron chi connectivity index (χ3n) is 4.02. The molecule has 0 bridgehead atoms. The fourth-order valence-electron chi connectivity index (χ4n) is 2.57. The molecule has 0 aliphatic carbocycles. The van der Waals surface area contributed by atoms with Gasteiger partial charge in [-0.3, -0.25) is 4.79 Å². The molecule has 3 rings (SSSR count). The van der Waals surface area contributed by atoms with Gasteiger partial charge in [0.2, 0.25) is 0 Å². The normalized spacial score (nSPS) is 11.0. The molecule has 6 nitrogen and oxygen atoms in total. The second-order valence-electron chi connectivity index (χ2n) is 6.08. The zero-order valence-corrected chi connectivity index (χ0v) is 16.1. The van der Waals surface area contributed by atoms with Gasteiger partial charge in [-0.05, 0) is 67.6 Å². The first kappa shape index (κ1) is 20.3. The summed E-state index contributed by atoms with van der Waals surface area (Å²) in [6.45, 7) is 1.30. The number of hydrogen-bond donors (Lipinski definition) is 1. The number of hydrogen-bond acceptors (Lipinski definition) is 4. The van der Waals surface area contributed by atoms with E-state index in [1.807, 2.05) is 0 Å². The number of ether oxygens (including phenoxy) is 1. The summed E-state index contributed by atoms with van der Waals surface area (Å²) in [5, 5.41) is 13.2. The van der Waals surface area contributed by atoms with Crippen molar-refractivity contribution in [2.75, 3.05) is 6.61 Å². The van der Waals surface area contributed by atoms with E-state index in [1.54, 1.807) is 37.3 Å².